The second kappa shape index (κ2) is 11.3. The van der Waals surface area contributed by atoms with Gasteiger partial charge in [-0.2, -0.15) is 0 Å². The zero-order valence-electron chi connectivity index (χ0n) is 24.6. The highest BCUT2D eigenvalue weighted by Crippen LogP contribution is 2.60. The van der Waals surface area contributed by atoms with E-state index in [2.05, 4.69) is 48.5 Å². The summed E-state index contributed by atoms with van der Waals surface area (Å²) in [6, 6.07) is 36.8. The Morgan fingerprint density at radius 1 is 0.738 bits per heavy atom. The van der Waals surface area contributed by atoms with Crippen molar-refractivity contribution in [2.75, 3.05) is 27.3 Å². The monoisotopic (exact) mass is 561 g/mol. The van der Waals surface area contributed by atoms with Crippen molar-refractivity contribution in [1.82, 2.24) is 4.90 Å². The molecular weight excluding hydrogens is 522 g/mol. The smallest absolute Gasteiger partial charge is 0.229 e. The molecule has 5 nitrogen and oxygen atoms in total. The number of para-hydroxylation sites is 2. The summed E-state index contributed by atoms with van der Waals surface area (Å²) in [7, 11) is 3.29. The Kier molecular flexibility index (Phi) is 7.54. The zero-order chi connectivity index (χ0) is 29.3. The van der Waals surface area contributed by atoms with E-state index in [1.807, 2.05) is 72.5 Å². The molecule has 1 amide bonds. The van der Waals surface area contributed by atoms with Gasteiger partial charge in [0.25, 0.3) is 0 Å². The van der Waals surface area contributed by atoms with Crippen LogP contribution in [0.25, 0.3) is 0 Å². The summed E-state index contributed by atoms with van der Waals surface area (Å²) < 4.78 is 11.4. The molecule has 42 heavy (non-hydrogen) atoms. The molecule has 0 unspecified atom stereocenters. The highest BCUT2D eigenvalue weighted by atomic mass is 16.5. The van der Waals surface area contributed by atoms with Crippen molar-refractivity contribution in [3.05, 3.63) is 131 Å². The van der Waals surface area contributed by atoms with Crippen molar-refractivity contribution in [2.24, 2.45) is 11.8 Å². The molecule has 2 aliphatic rings. The highest BCUT2D eigenvalue weighted by molar-refractivity contribution is 5.84. The average Bonchev–Trinajstić information content (AvgIpc) is 3.52. The minimum absolute atomic E-state index is 0.0280. The summed E-state index contributed by atoms with van der Waals surface area (Å²) in [5.41, 5.74) is 2.58. The van der Waals surface area contributed by atoms with E-state index in [9.17, 15) is 9.90 Å². The molecule has 2 fully saturated rings. The molecule has 5 heteroatoms. The fourth-order valence-corrected chi connectivity index (χ4v) is 7.85. The van der Waals surface area contributed by atoms with Gasteiger partial charge in [0.05, 0.1) is 25.7 Å². The first-order valence-electron chi connectivity index (χ1n) is 14.8. The third kappa shape index (κ3) is 4.47. The first kappa shape index (κ1) is 28.0. The first-order valence-corrected chi connectivity index (χ1v) is 14.8. The number of likely N-dealkylation sites (tertiary alicyclic amines) is 1. The molecule has 1 aliphatic carbocycles. The number of amides is 1. The summed E-state index contributed by atoms with van der Waals surface area (Å²) in [4.78, 5) is 16.3. The summed E-state index contributed by atoms with van der Waals surface area (Å²) >= 11 is 0. The minimum atomic E-state index is -1.16. The fourth-order valence-electron chi connectivity index (χ4n) is 7.85. The maximum atomic E-state index is 14.3. The number of fused-ring (bicyclic) bond motifs is 1. The SMILES string of the molecule is COc1ccccc1[C@@H](C)C(=O)N1C[C@@H]2[C@H](C1)C(c1ccccc1)(c1ccccc1)CC[C@@]2(O)c1ccccc1OC. The standard InChI is InChI=1S/C37H39NO4/c1-26(29-18-10-12-20-33(29)41-2)35(39)38-24-31-32(25-38)37(40,30-19-11-13-21-34(30)42-3)23-22-36(31,27-14-6-4-7-15-27)28-16-8-5-9-17-28/h4-21,26,31-32,40H,22-25H2,1-3H3/t26-,31+,32-,37-/m1/s1. The normalized spacial score (nSPS) is 23.6. The van der Waals surface area contributed by atoms with Crippen LogP contribution in [-0.4, -0.2) is 43.2 Å². The minimum Gasteiger partial charge on any atom is -0.496 e. The lowest BCUT2D eigenvalue weighted by Crippen LogP contribution is -2.53. The molecule has 0 aromatic heterocycles. The van der Waals surface area contributed by atoms with Gasteiger partial charge in [0.2, 0.25) is 5.91 Å². The lowest BCUT2D eigenvalue weighted by molar-refractivity contribution is -0.132. The van der Waals surface area contributed by atoms with Gasteiger partial charge in [-0.25, -0.2) is 0 Å². The summed E-state index contributed by atoms with van der Waals surface area (Å²) in [6.07, 6.45) is 1.28. The van der Waals surface area contributed by atoms with E-state index in [1.165, 1.54) is 11.1 Å². The van der Waals surface area contributed by atoms with Gasteiger partial charge >= 0.3 is 0 Å². The van der Waals surface area contributed by atoms with E-state index < -0.39 is 5.60 Å². The van der Waals surface area contributed by atoms with Crippen molar-refractivity contribution in [3.63, 3.8) is 0 Å². The molecule has 1 N–H and O–H groups in total. The molecule has 1 aliphatic heterocycles. The van der Waals surface area contributed by atoms with Gasteiger partial charge in [0, 0.05) is 35.5 Å². The third-order valence-electron chi connectivity index (χ3n) is 9.91. The summed E-state index contributed by atoms with van der Waals surface area (Å²) in [5.74, 6) is 0.813. The molecule has 1 saturated heterocycles. The van der Waals surface area contributed by atoms with E-state index >= 15 is 0 Å². The van der Waals surface area contributed by atoms with Crippen LogP contribution in [0.15, 0.2) is 109 Å². The molecule has 1 saturated carbocycles. The van der Waals surface area contributed by atoms with Crippen LogP contribution in [0.4, 0.5) is 0 Å². The topological polar surface area (TPSA) is 59.0 Å². The molecular formula is C37H39NO4. The number of carbonyl (C=O) groups is 1. The van der Waals surface area contributed by atoms with Crippen LogP contribution in [0.2, 0.25) is 0 Å². The summed E-state index contributed by atoms with van der Waals surface area (Å²) in [5, 5.41) is 12.8. The van der Waals surface area contributed by atoms with Crippen molar-refractivity contribution >= 4 is 5.91 Å². The Labute approximate surface area is 248 Å². The number of hydrogen-bond acceptors (Lipinski definition) is 4. The van der Waals surface area contributed by atoms with E-state index in [0.717, 1.165) is 17.5 Å². The van der Waals surface area contributed by atoms with Gasteiger partial charge < -0.3 is 19.5 Å². The number of benzene rings is 4. The van der Waals surface area contributed by atoms with Crippen molar-refractivity contribution in [2.45, 2.75) is 36.7 Å². The fraction of sp³-hybridized carbons (Fsp3) is 0.324. The predicted molar refractivity (Wildman–Crippen MR) is 165 cm³/mol. The molecule has 216 valence electrons. The van der Waals surface area contributed by atoms with Crippen LogP contribution in [0.5, 0.6) is 11.5 Å². The first-order chi connectivity index (χ1) is 20.4. The van der Waals surface area contributed by atoms with Crippen molar-refractivity contribution < 1.29 is 19.4 Å². The van der Waals surface area contributed by atoms with Crippen LogP contribution in [0, 0.1) is 11.8 Å². The average molecular weight is 562 g/mol. The molecule has 4 atom stereocenters. The van der Waals surface area contributed by atoms with Crippen molar-refractivity contribution in [1.29, 1.82) is 0 Å². The molecule has 0 spiro atoms. The van der Waals surface area contributed by atoms with Crippen LogP contribution >= 0.6 is 0 Å². The quantitative estimate of drug-likeness (QED) is 0.278. The molecule has 4 aromatic carbocycles. The Morgan fingerprint density at radius 3 is 1.88 bits per heavy atom. The molecule has 6 rings (SSSR count). The van der Waals surface area contributed by atoms with Crippen molar-refractivity contribution in [3.8, 4) is 11.5 Å². The van der Waals surface area contributed by atoms with Gasteiger partial charge in [0.15, 0.2) is 0 Å². The van der Waals surface area contributed by atoms with Gasteiger partial charge in [0.1, 0.15) is 11.5 Å². The number of carbonyl (C=O) groups excluding carboxylic acids is 1. The van der Waals surface area contributed by atoms with E-state index in [0.29, 0.717) is 31.0 Å². The number of methoxy groups -OCH3 is 2. The van der Waals surface area contributed by atoms with Crippen LogP contribution in [0.3, 0.4) is 0 Å². The van der Waals surface area contributed by atoms with Crippen LogP contribution < -0.4 is 9.47 Å². The molecule has 4 aromatic rings. The Bertz CT molecular complexity index is 1500. The number of rotatable bonds is 7. The maximum absolute atomic E-state index is 14.3. The predicted octanol–water partition coefficient (Wildman–Crippen LogP) is 6.55. The second-order valence-corrected chi connectivity index (χ2v) is 11.7. The van der Waals surface area contributed by atoms with Gasteiger partial charge in [-0.1, -0.05) is 97.1 Å². The Morgan fingerprint density at radius 2 is 1.26 bits per heavy atom. The lowest BCUT2D eigenvalue weighted by Gasteiger charge is -2.53. The van der Waals surface area contributed by atoms with Gasteiger partial charge in [-0.15, -0.1) is 0 Å². The van der Waals surface area contributed by atoms with E-state index in [1.54, 1.807) is 14.2 Å². The number of aliphatic hydroxyl groups is 1. The largest absolute Gasteiger partial charge is 0.496 e. The molecule has 1 heterocycles. The van der Waals surface area contributed by atoms with Crippen LogP contribution in [-0.2, 0) is 15.8 Å². The highest BCUT2D eigenvalue weighted by Gasteiger charge is 2.61. The summed E-state index contributed by atoms with van der Waals surface area (Å²) in [6.45, 7) is 2.96. The van der Waals surface area contributed by atoms with Crippen LogP contribution in [0.1, 0.15) is 47.9 Å². The molecule has 0 radical (unpaired) electrons. The Balaban J connectivity index is 1.49. The van der Waals surface area contributed by atoms with Gasteiger partial charge in [-0.05, 0) is 48.9 Å². The van der Waals surface area contributed by atoms with E-state index in [-0.39, 0.29) is 29.1 Å². The number of hydrogen-bond donors (Lipinski definition) is 1. The third-order valence-corrected chi connectivity index (χ3v) is 9.91. The number of ether oxygens (including phenoxy) is 2. The Hall–Kier alpha value is -4.09. The lowest BCUT2D eigenvalue weighted by atomic mass is 9.52. The molecule has 0 bridgehead atoms. The van der Waals surface area contributed by atoms with Gasteiger partial charge in [-0.3, -0.25) is 4.79 Å². The number of nitrogens with zero attached hydrogens (tertiary/aromatic N) is 1. The zero-order valence-corrected chi connectivity index (χ0v) is 24.6. The van der Waals surface area contributed by atoms with E-state index in [4.69, 9.17) is 9.47 Å². The maximum Gasteiger partial charge on any atom is 0.229 e. The second-order valence-electron chi connectivity index (χ2n) is 11.7.